The molecule has 1 N–H and O–H groups in total. The highest BCUT2D eigenvalue weighted by molar-refractivity contribution is 5.26. The molecule has 0 bridgehead atoms. The molecule has 0 atom stereocenters. The zero-order valence-electron chi connectivity index (χ0n) is 9.73. The third-order valence-corrected chi connectivity index (χ3v) is 2.53. The van der Waals surface area contributed by atoms with Gasteiger partial charge in [0.05, 0.1) is 17.6 Å². The van der Waals surface area contributed by atoms with Gasteiger partial charge in [-0.05, 0) is 20.9 Å². The number of aromatic nitrogens is 4. The number of nitrogens with one attached hydrogen (secondary N) is 1. The van der Waals surface area contributed by atoms with Crippen LogP contribution in [0.2, 0.25) is 0 Å². The topological polar surface area (TPSA) is 55.6 Å². The van der Waals surface area contributed by atoms with Crippen molar-refractivity contribution in [2.24, 2.45) is 0 Å². The van der Waals surface area contributed by atoms with Crippen molar-refractivity contribution in [1.82, 2.24) is 24.8 Å². The summed E-state index contributed by atoms with van der Waals surface area (Å²) in [4.78, 5) is 12.9. The largest absolute Gasteiger partial charge is 0.314 e. The molecule has 0 amide bonds. The summed E-state index contributed by atoms with van der Waals surface area (Å²) in [6.45, 7) is 4.72. The van der Waals surface area contributed by atoms with Gasteiger partial charge in [-0.1, -0.05) is 0 Å². The minimum absolute atomic E-state index is 0.716. The van der Waals surface area contributed by atoms with Crippen LogP contribution < -0.4 is 5.32 Å². The lowest BCUT2D eigenvalue weighted by Crippen LogP contribution is -2.09. The lowest BCUT2D eigenvalue weighted by Gasteiger charge is -2.05. The third kappa shape index (κ3) is 1.94. The molecule has 0 aliphatic rings. The zero-order chi connectivity index (χ0) is 11.5. The summed E-state index contributed by atoms with van der Waals surface area (Å²) in [5, 5.41) is 3.06. The second-order valence-electron chi connectivity index (χ2n) is 3.68. The van der Waals surface area contributed by atoms with Crippen LogP contribution in [0.4, 0.5) is 0 Å². The molecule has 5 heteroatoms. The maximum absolute atomic E-state index is 4.50. The summed E-state index contributed by atoms with van der Waals surface area (Å²) in [7, 11) is 1.89. The van der Waals surface area contributed by atoms with Crippen LogP contribution in [0.5, 0.6) is 0 Å². The SMILES string of the molecule is CNCc1cncc(-n2cnc(C)c2C)n1. The van der Waals surface area contributed by atoms with E-state index < -0.39 is 0 Å². The second kappa shape index (κ2) is 4.40. The van der Waals surface area contributed by atoms with Gasteiger partial charge in [0.25, 0.3) is 0 Å². The summed E-state index contributed by atoms with van der Waals surface area (Å²) in [6.07, 6.45) is 5.28. The number of imidazole rings is 1. The highest BCUT2D eigenvalue weighted by Crippen LogP contribution is 2.10. The van der Waals surface area contributed by atoms with E-state index in [0.29, 0.717) is 6.54 Å². The number of hydrogen-bond donors (Lipinski definition) is 1. The molecule has 0 saturated heterocycles. The minimum atomic E-state index is 0.716. The quantitative estimate of drug-likeness (QED) is 0.833. The molecule has 0 aliphatic carbocycles. The van der Waals surface area contributed by atoms with E-state index in [-0.39, 0.29) is 0 Å². The summed E-state index contributed by atoms with van der Waals surface area (Å²) < 4.78 is 1.95. The van der Waals surface area contributed by atoms with E-state index in [9.17, 15) is 0 Å². The van der Waals surface area contributed by atoms with Crippen LogP contribution in [0, 0.1) is 13.8 Å². The molecule has 0 spiro atoms. The molecule has 2 heterocycles. The standard InChI is InChI=1S/C11H15N5/c1-8-9(2)16(7-14-8)11-6-13-5-10(15-11)4-12-3/h5-7,12H,4H2,1-3H3. The first-order valence-electron chi connectivity index (χ1n) is 5.19. The first-order chi connectivity index (χ1) is 7.72. The number of hydrogen-bond acceptors (Lipinski definition) is 4. The average molecular weight is 217 g/mol. The molecule has 0 unspecified atom stereocenters. The average Bonchev–Trinajstić information content (AvgIpc) is 2.61. The Morgan fingerprint density at radius 3 is 2.75 bits per heavy atom. The molecule has 0 fully saturated rings. The lowest BCUT2D eigenvalue weighted by molar-refractivity contribution is 0.773. The molecule has 16 heavy (non-hydrogen) atoms. The summed E-state index contributed by atoms with van der Waals surface area (Å²) in [5.41, 5.74) is 3.03. The van der Waals surface area contributed by atoms with E-state index in [2.05, 4.69) is 20.3 Å². The van der Waals surface area contributed by atoms with Crippen molar-refractivity contribution in [3.8, 4) is 5.82 Å². The first-order valence-corrected chi connectivity index (χ1v) is 5.19. The van der Waals surface area contributed by atoms with Gasteiger partial charge < -0.3 is 5.32 Å². The fourth-order valence-corrected chi connectivity index (χ4v) is 1.51. The van der Waals surface area contributed by atoms with Crippen molar-refractivity contribution in [3.63, 3.8) is 0 Å². The highest BCUT2D eigenvalue weighted by Gasteiger charge is 2.06. The molecule has 2 aromatic rings. The fourth-order valence-electron chi connectivity index (χ4n) is 1.51. The maximum Gasteiger partial charge on any atom is 0.156 e. The molecule has 0 aliphatic heterocycles. The van der Waals surface area contributed by atoms with Crippen LogP contribution in [-0.4, -0.2) is 26.6 Å². The van der Waals surface area contributed by atoms with Crippen molar-refractivity contribution < 1.29 is 0 Å². The number of nitrogens with zero attached hydrogens (tertiary/aromatic N) is 4. The summed E-state index contributed by atoms with van der Waals surface area (Å²) in [6, 6.07) is 0. The van der Waals surface area contributed by atoms with Crippen LogP contribution in [0.1, 0.15) is 17.1 Å². The van der Waals surface area contributed by atoms with Gasteiger partial charge in [-0.2, -0.15) is 0 Å². The third-order valence-electron chi connectivity index (χ3n) is 2.53. The molecule has 84 valence electrons. The van der Waals surface area contributed by atoms with Gasteiger partial charge in [-0.15, -0.1) is 0 Å². The molecule has 2 aromatic heterocycles. The normalized spacial score (nSPS) is 10.7. The Balaban J connectivity index is 2.40. The van der Waals surface area contributed by atoms with Gasteiger partial charge >= 0.3 is 0 Å². The molecule has 0 aromatic carbocycles. The van der Waals surface area contributed by atoms with E-state index in [1.54, 1.807) is 18.7 Å². The summed E-state index contributed by atoms with van der Waals surface area (Å²) in [5.74, 6) is 0.811. The Bertz CT molecular complexity index is 489. The van der Waals surface area contributed by atoms with Crippen molar-refractivity contribution >= 4 is 0 Å². The Kier molecular flexibility index (Phi) is 2.96. The van der Waals surface area contributed by atoms with E-state index in [1.165, 1.54) is 0 Å². The Labute approximate surface area is 94.6 Å². The number of rotatable bonds is 3. The van der Waals surface area contributed by atoms with Gasteiger partial charge in [-0.25, -0.2) is 9.97 Å². The lowest BCUT2D eigenvalue weighted by atomic mass is 10.4. The monoisotopic (exact) mass is 217 g/mol. The minimum Gasteiger partial charge on any atom is -0.314 e. The van der Waals surface area contributed by atoms with E-state index in [4.69, 9.17) is 0 Å². The van der Waals surface area contributed by atoms with Crippen molar-refractivity contribution in [1.29, 1.82) is 0 Å². The number of aryl methyl sites for hydroxylation is 1. The van der Waals surface area contributed by atoms with Gasteiger partial charge in [0.1, 0.15) is 6.33 Å². The van der Waals surface area contributed by atoms with E-state index in [0.717, 1.165) is 22.9 Å². The van der Waals surface area contributed by atoms with Gasteiger partial charge in [0.15, 0.2) is 5.82 Å². The predicted molar refractivity (Wildman–Crippen MR) is 61.4 cm³/mol. The Hall–Kier alpha value is -1.75. The van der Waals surface area contributed by atoms with E-state index in [1.807, 2.05) is 25.5 Å². The summed E-state index contributed by atoms with van der Waals surface area (Å²) >= 11 is 0. The van der Waals surface area contributed by atoms with Crippen molar-refractivity contribution in [2.75, 3.05) is 7.05 Å². The van der Waals surface area contributed by atoms with Crippen LogP contribution in [-0.2, 0) is 6.54 Å². The van der Waals surface area contributed by atoms with Gasteiger partial charge in [0, 0.05) is 18.4 Å². The first kappa shape index (κ1) is 10.8. The van der Waals surface area contributed by atoms with Crippen LogP contribution in [0.25, 0.3) is 5.82 Å². The van der Waals surface area contributed by atoms with E-state index >= 15 is 0 Å². The predicted octanol–water partition coefficient (Wildman–Crippen LogP) is 0.999. The van der Waals surface area contributed by atoms with Gasteiger partial charge in [-0.3, -0.25) is 9.55 Å². The van der Waals surface area contributed by atoms with Crippen LogP contribution in [0.3, 0.4) is 0 Å². The Morgan fingerprint density at radius 2 is 2.12 bits per heavy atom. The molecular weight excluding hydrogens is 202 g/mol. The van der Waals surface area contributed by atoms with Gasteiger partial charge in [0.2, 0.25) is 0 Å². The van der Waals surface area contributed by atoms with Crippen molar-refractivity contribution in [3.05, 3.63) is 35.8 Å². The fraction of sp³-hybridized carbons (Fsp3) is 0.364. The molecule has 5 nitrogen and oxygen atoms in total. The Morgan fingerprint density at radius 1 is 1.31 bits per heavy atom. The highest BCUT2D eigenvalue weighted by atomic mass is 15.1. The molecule has 0 saturated carbocycles. The molecule has 0 radical (unpaired) electrons. The van der Waals surface area contributed by atoms with Crippen LogP contribution in [0.15, 0.2) is 18.7 Å². The smallest absolute Gasteiger partial charge is 0.156 e. The molecule has 2 rings (SSSR count). The molecular formula is C11H15N5. The van der Waals surface area contributed by atoms with Crippen LogP contribution >= 0.6 is 0 Å². The maximum atomic E-state index is 4.50. The second-order valence-corrected chi connectivity index (χ2v) is 3.68. The van der Waals surface area contributed by atoms with Crippen molar-refractivity contribution in [2.45, 2.75) is 20.4 Å². The zero-order valence-corrected chi connectivity index (χ0v) is 9.73.